The molecule has 1 fully saturated rings. The number of carbonyl (C=O) groups excluding carboxylic acids is 2. The van der Waals surface area contributed by atoms with Crippen LogP contribution < -0.4 is 15.0 Å². The summed E-state index contributed by atoms with van der Waals surface area (Å²) in [6.07, 6.45) is 1.77. The Balaban J connectivity index is 1.49. The van der Waals surface area contributed by atoms with Gasteiger partial charge in [0, 0.05) is 32.4 Å². The van der Waals surface area contributed by atoms with Gasteiger partial charge in [-0.1, -0.05) is 12.1 Å². The van der Waals surface area contributed by atoms with E-state index in [1.165, 1.54) is 0 Å². The van der Waals surface area contributed by atoms with E-state index in [-0.39, 0.29) is 18.4 Å². The van der Waals surface area contributed by atoms with Crippen LogP contribution in [-0.2, 0) is 4.79 Å². The number of piperazine rings is 1. The molecule has 2 aliphatic rings. The monoisotopic (exact) mass is 338 g/mol. The van der Waals surface area contributed by atoms with Gasteiger partial charge in [0.1, 0.15) is 11.6 Å². The number of pyridine rings is 1. The smallest absolute Gasteiger partial charge is 0.262 e. The Kier molecular flexibility index (Phi) is 3.97. The number of benzene rings is 1. The number of nitrogens with one attached hydrogen (secondary N) is 1. The summed E-state index contributed by atoms with van der Waals surface area (Å²) < 4.78 is 5.39. The Bertz CT molecular complexity index is 801. The Morgan fingerprint density at radius 1 is 1.08 bits per heavy atom. The maximum Gasteiger partial charge on any atom is 0.262 e. The maximum absolute atomic E-state index is 12.9. The lowest BCUT2D eigenvalue weighted by molar-refractivity contribution is -0.118. The van der Waals surface area contributed by atoms with Crippen molar-refractivity contribution in [3.05, 3.63) is 48.2 Å². The fourth-order valence-electron chi connectivity index (χ4n) is 3.13. The number of nitrogens with zero attached hydrogens (tertiary/aromatic N) is 3. The summed E-state index contributed by atoms with van der Waals surface area (Å²) in [7, 11) is 0. The van der Waals surface area contributed by atoms with E-state index in [0.717, 1.165) is 18.9 Å². The van der Waals surface area contributed by atoms with E-state index in [1.54, 1.807) is 29.3 Å². The molecule has 0 radical (unpaired) electrons. The number of fused-ring (bicyclic) bond motifs is 1. The Morgan fingerprint density at radius 2 is 1.92 bits per heavy atom. The minimum absolute atomic E-state index is 0.0204. The van der Waals surface area contributed by atoms with Gasteiger partial charge in [-0.25, -0.2) is 4.98 Å². The second-order valence-corrected chi connectivity index (χ2v) is 5.98. The van der Waals surface area contributed by atoms with Crippen molar-refractivity contribution >= 4 is 23.3 Å². The predicted molar refractivity (Wildman–Crippen MR) is 92.9 cm³/mol. The van der Waals surface area contributed by atoms with Crippen LogP contribution in [0.5, 0.6) is 5.75 Å². The second-order valence-electron chi connectivity index (χ2n) is 5.98. The van der Waals surface area contributed by atoms with Gasteiger partial charge in [0.25, 0.3) is 11.8 Å². The molecule has 3 heterocycles. The molecule has 1 N–H and O–H groups in total. The first-order valence-corrected chi connectivity index (χ1v) is 8.23. The van der Waals surface area contributed by atoms with Gasteiger partial charge in [-0.3, -0.25) is 9.59 Å². The van der Waals surface area contributed by atoms with Crippen LogP contribution in [0.3, 0.4) is 0 Å². The number of rotatable bonds is 2. The van der Waals surface area contributed by atoms with Crippen LogP contribution in [0.15, 0.2) is 42.6 Å². The van der Waals surface area contributed by atoms with E-state index < -0.39 is 0 Å². The zero-order chi connectivity index (χ0) is 17.2. The van der Waals surface area contributed by atoms with Crippen molar-refractivity contribution in [1.82, 2.24) is 9.88 Å². The maximum atomic E-state index is 12.9. The van der Waals surface area contributed by atoms with Crippen LogP contribution in [0, 0.1) is 0 Å². The molecule has 2 aliphatic heterocycles. The van der Waals surface area contributed by atoms with Crippen molar-refractivity contribution in [2.75, 3.05) is 43.0 Å². The highest BCUT2D eigenvalue weighted by molar-refractivity contribution is 6.06. The van der Waals surface area contributed by atoms with Crippen LogP contribution in [0.4, 0.5) is 11.5 Å². The zero-order valence-electron chi connectivity index (χ0n) is 13.6. The third-order valence-electron chi connectivity index (χ3n) is 4.42. The number of hydrogen-bond donors (Lipinski definition) is 1. The number of amides is 2. The molecule has 4 rings (SSSR count). The molecule has 2 amide bonds. The van der Waals surface area contributed by atoms with E-state index in [4.69, 9.17) is 4.74 Å². The Hall–Kier alpha value is -3.09. The standard InChI is InChI=1S/C18H18N4O3/c23-16-12-25-14-5-3-4-13(17(14)20-16)18(24)22-10-8-21(9-11-22)15-6-1-2-7-19-15/h1-7H,8-12H2,(H,20,23). The molecular formula is C18H18N4O3. The molecule has 2 aromatic rings. The van der Waals surface area contributed by atoms with Crippen molar-refractivity contribution < 1.29 is 14.3 Å². The Labute approximate surface area is 145 Å². The number of anilines is 2. The molecule has 1 aromatic heterocycles. The molecule has 25 heavy (non-hydrogen) atoms. The van der Waals surface area contributed by atoms with Gasteiger partial charge in [0.2, 0.25) is 0 Å². The molecule has 0 saturated carbocycles. The quantitative estimate of drug-likeness (QED) is 0.895. The van der Waals surface area contributed by atoms with Crippen molar-refractivity contribution in [3.63, 3.8) is 0 Å². The largest absolute Gasteiger partial charge is 0.482 e. The average molecular weight is 338 g/mol. The fraction of sp³-hybridized carbons (Fsp3) is 0.278. The third-order valence-corrected chi connectivity index (χ3v) is 4.42. The molecular weight excluding hydrogens is 320 g/mol. The van der Waals surface area contributed by atoms with Crippen LogP contribution in [0.25, 0.3) is 0 Å². The average Bonchev–Trinajstić information content (AvgIpc) is 2.68. The van der Waals surface area contributed by atoms with Gasteiger partial charge in [-0.2, -0.15) is 0 Å². The molecule has 0 bridgehead atoms. The molecule has 0 unspecified atom stereocenters. The van der Waals surface area contributed by atoms with Gasteiger partial charge in [-0.05, 0) is 24.3 Å². The van der Waals surface area contributed by atoms with E-state index >= 15 is 0 Å². The highest BCUT2D eigenvalue weighted by Crippen LogP contribution is 2.32. The first kappa shape index (κ1) is 15.4. The molecule has 128 valence electrons. The number of aromatic nitrogens is 1. The highest BCUT2D eigenvalue weighted by Gasteiger charge is 2.27. The number of para-hydroxylation sites is 1. The van der Waals surface area contributed by atoms with Gasteiger partial charge in [-0.15, -0.1) is 0 Å². The van der Waals surface area contributed by atoms with Gasteiger partial charge >= 0.3 is 0 Å². The van der Waals surface area contributed by atoms with Gasteiger partial charge < -0.3 is 19.9 Å². The fourth-order valence-corrected chi connectivity index (χ4v) is 3.13. The zero-order valence-corrected chi connectivity index (χ0v) is 13.6. The summed E-state index contributed by atoms with van der Waals surface area (Å²) in [6.45, 7) is 2.64. The SMILES string of the molecule is O=C1COc2cccc(C(=O)N3CCN(c4ccccn4)CC3)c2N1. The van der Waals surface area contributed by atoms with Crippen molar-refractivity contribution in [2.24, 2.45) is 0 Å². The molecule has 7 nitrogen and oxygen atoms in total. The normalized spacial score (nSPS) is 16.7. The lowest BCUT2D eigenvalue weighted by Crippen LogP contribution is -2.49. The molecule has 0 spiro atoms. The Morgan fingerprint density at radius 3 is 2.68 bits per heavy atom. The minimum atomic E-state index is -0.243. The summed E-state index contributed by atoms with van der Waals surface area (Å²) in [5.41, 5.74) is 0.938. The second kappa shape index (κ2) is 6.43. The minimum Gasteiger partial charge on any atom is -0.482 e. The number of hydrogen-bond acceptors (Lipinski definition) is 5. The van der Waals surface area contributed by atoms with E-state index in [9.17, 15) is 9.59 Å². The summed E-state index contributed by atoms with van der Waals surface area (Å²) >= 11 is 0. The van der Waals surface area contributed by atoms with Crippen LogP contribution in [-0.4, -0.2) is 54.5 Å². The van der Waals surface area contributed by atoms with E-state index in [2.05, 4.69) is 15.2 Å². The molecule has 7 heteroatoms. The van der Waals surface area contributed by atoms with E-state index in [1.807, 2.05) is 18.2 Å². The predicted octanol–water partition coefficient (Wildman–Crippen LogP) is 1.37. The summed E-state index contributed by atoms with van der Waals surface area (Å²) in [6, 6.07) is 11.1. The van der Waals surface area contributed by atoms with Crippen molar-refractivity contribution in [3.8, 4) is 5.75 Å². The topological polar surface area (TPSA) is 74.8 Å². The van der Waals surface area contributed by atoms with Crippen LogP contribution >= 0.6 is 0 Å². The van der Waals surface area contributed by atoms with Crippen molar-refractivity contribution in [1.29, 1.82) is 0 Å². The lowest BCUT2D eigenvalue weighted by atomic mass is 10.1. The first-order valence-electron chi connectivity index (χ1n) is 8.23. The number of carbonyl (C=O) groups is 2. The summed E-state index contributed by atoms with van der Waals surface area (Å²) in [4.78, 5) is 32.8. The molecule has 1 aromatic carbocycles. The lowest BCUT2D eigenvalue weighted by Gasteiger charge is -2.35. The van der Waals surface area contributed by atoms with Crippen LogP contribution in [0.1, 0.15) is 10.4 Å². The first-order chi connectivity index (χ1) is 12.2. The molecule has 0 aliphatic carbocycles. The third kappa shape index (κ3) is 3.00. The van der Waals surface area contributed by atoms with Gasteiger partial charge in [0.05, 0.1) is 11.3 Å². The van der Waals surface area contributed by atoms with Gasteiger partial charge in [0.15, 0.2) is 6.61 Å². The summed E-state index contributed by atoms with van der Waals surface area (Å²) in [5.74, 6) is 1.13. The summed E-state index contributed by atoms with van der Waals surface area (Å²) in [5, 5.41) is 2.75. The van der Waals surface area contributed by atoms with E-state index in [0.29, 0.717) is 30.1 Å². The molecule has 0 atom stereocenters. The number of ether oxygens (including phenoxy) is 1. The molecule has 1 saturated heterocycles. The highest BCUT2D eigenvalue weighted by atomic mass is 16.5. The van der Waals surface area contributed by atoms with Crippen LogP contribution in [0.2, 0.25) is 0 Å². The van der Waals surface area contributed by atoms with Crippen molar-refractivity contribution in [2.45, 2.75) is 0 Å².